The molecular formula is C17H16FN3O7S. The van der Waals surface area contributed by atoms with Crippen LogP contribution < -0.4 is 14.8 Å². The number of aromatic nitrogens is 1. The van der Waals surface area contributed by atoms with E-state index in [1.54, 1.807) is 0 Å². The molecule has 0 bridgehead atoms. The van der Waals surface area contributed by atoms with E-state index in [-0.39, 0.29) is 23.6 Å². The van der Waals surface area contributed by atoms with E-state index in [4.69, 9.17) is 9.84 Å². The van der Waals surface area contributed by atoms with Crippen molar-refractivity contribution in [3.05, 3.63) is 59.7 Å². The summed E-state index contributed by atoms with van der Waals surface area (Å²) in [5, 5.41) is 10.6. The molecule has 3 N–H and O–H groups in total. The molecule has 0 spiro atoms. The van der Waals surface area contributed by atoms with E-state index < -0.39 is 45.9 Å². The fraction of sp³-hybridized carbons (Fsp3) is 0.176. The monoisotopic (exact) mass is 425 g/mol. The molecule has 0 saturated heterocycles. The second-order valence-corrected chi connectivity index (χ2v) is 7.40. The number of nitrogens with one attached hydrogen (secondary N) is 2. The number of ether oxygens (including phenoxy) is 1. The Labute approximate surface area is 164 Å². The van der Waals surface area contributed by atoms with Gasteiger partial charge in [-0.1, -0.05) is 0 Å². The third kappa shape index (κ3) is 7.18. The summed E-state index contributed by atoms with van der Waals surface area (Å²) >= 11 is 0. The van der Waals surface area contributed by atoms with E-state index >= 15 is 0 Å². The highest BCUT2D eigenvalue weighted by molar-refractivity contribution is 7.90. The maximum atomic E-state index is 12.8. The molecule has 0 aliphatic carbocycles. The van der Waals surface area contributed by atoms with Gasteiger partial charge in [0.15, 0.2) is 0 Å². The Bertz CT molecular complexity index is 993. The standard InChI is InChI=1S/C17H16FN3O7S/c18-12-2-4-13(5-3-12)28-7-8-29(26,27)21-16(24)11-1-6-14(19-9-11)17(25)20-10-15(22)23/h1-6,9H,7-8,10H2,(H,20,25)(H,21,24)(H,22,23). The average molecular weight is 425 g/mol. The van der Waals surface area contributed by atoms with Crippen LogP contribution in [0.3, 0.4) is 0 Å². The minimum Gasteiger partial charge on any atom is -0.492 e. The highest BCUT2D eigenvalue weighted by atomic mass is 32.2. The number of carbonyl (C=O) groups is 3. The predicted octanol–water partition coefficient (Wildman–Crippen LogP) is 0.174. The van der Waals surface area contributed by atoms with Gasteiger partial charge in [-0.2, -0.15) is 0 Å². The minimum atomic E-state index is -4.02. The first-order valence-corrected chi connectivity index (χ1v) is 9.71. The van der Waals surface area contributed by atoms with E-state index in [0.717, 1.165) is 24.4 Å². The third-order valence-corrected chi connectivity index (χ3v) is 4.54. The molecular weight excluding hydrogens is 409 g/mol. The Morgan fingerprint density at radius 1 is 1.07 bits per heavy atom. The first kappa shape index (κ1) is 21.8. The molecule has 29 heavy (non-hydrogen) atoms. The van der Waals surface area contributed by atoms with Gasteiger partial charge in [0.25, 0.3) is 11.8 Å². The molecule has 0 atom stereocenters. The van der Waals surface area contributed by atoms with Gasteiger partial charge in [-0.3, -0.25) is 19.4 Å². The van der Waals surface area contributed by atoms with Crippen molar-refractivity contribution in [3.63, 3.8) is 0 Å². The van der Waals surface area contributed by atoms with Gasteiger partial charge in [-0.05, 0) is 36.4 Å². The Balaban J connectivity index is 1.88. The van der Waals surface area contributed by atoms with E-state index in [1.807, 2.05) is 4.72 Å². The van der Waals surface area contributed by atoms with Gasteiger partial charge in [0, 0.05) is 6.20 Å². The molecule has 0 aliphatic rings. The van der Waals surface area contributed by atoms with Gasteiger partial charge >= 0.3 is 5.97 Å². The van der Waals surface area contributed by atoms with Crippen LogP contribution in [-0.2, 0) is 14.8 Å². The van der Waals surface area contributed by atoms with Crippen molar-refractivity contribution in [2.24, 2.45) is 0 Å². The molecule has 2 rings (SSSR count). The van der Waals surface area contributed by atoms with Gasteiger partial charge in [0.1, 0.15) is 36.2 Å². The molecule has 12 heteroatoms. The number of carboxylic acid groups (broad SMARTS) is 1. The number of halogens is 1. The van der Waals surface area contributed by atoms with Crippen molar-refractivity contribution in [1.29, 1.82) is 0 Å². The van der Waals surface area contributed by atoms with Gasteiger partial charge in [-0.15, -0.1) is 0 Å². The van der Waals surface area contributed by atoms with Crippen LogP contribution >= 0.6 is 0 Å². The van der Waals surface area contributed by atoms with Crippen molar-refractivity contribution in [3.8, 4) is 5.75 Å². The van der Waals surface area contributed by atoms with Crippen LogP contribution in [0.15, 0.2) is 42.6 Å². The van der Waals surface area contributed by atoms with E-state index in [1.165, 1.54) is 18.2 Å². The van der Waals surface area contributed by atoms with Crippen molar-refractivity contribution >= 4 is 27.8 Å². The summed E-state index contributed by atoms with van der Waals surface area (Å²) in [4.78, 5) is 37.8. The quantitative estimate of drug-likeness (QED) is 0.514. The van der Waals surface area contributed by atoms with Crippen molar-refractivity contribution in [1.82, 2.24) is 15.0 Å². The summed E-state index contributed by atoms with van der Waals surface area (Å²) in [7, 11) is -4.02. The zero-order valence-electron chi connectivity index (χ0n) is 14.8. The number of sulfonamides is 1. The van der Waals surface area contributed by atoms with Crippen molar-refractivity contribution < 1.29 is 37.0 Å². The van der Waals surface area contributed by atoms with Gasteiger partial charge in [0.05, 0.1) is 5.56 Å². The normalized spacial score (nSPS) is 10.8. The van der Waals surface area contributed by atoms with Gasteiger partial charge in [-0.25, -0.2) is 17.5 Å². The SMILES string of the molecule is O=C(O)CNC(=O)c1ccc(C(=O)NS(=O)(=O)CCOc2ccc(F)cc2)cn1. The second-order valence-electron chi connectivity index (χ2n) is 5.56. The summed E-state index contributed by atoms with van der Waals surface area (Å²) in [5.74, 6) is -3.67. The molecule has 154 valence electrons. The summed E-state index contributed by atoms with van der Waals surface area (Å²) in [6.45, 7) is -0.865. The summed E-state index contributed by atoms with van der Waals surface area (Å²) < 4.78 is 43.7. The largest absolute Gasteiger partial charge is 0.492 e. The van der Waals surface area contributed by atoms with Crippen molar-refractivity contribution in [2.45, 2.75) is 0 Å². The lowest BCUT2D eigenvalue weighted by molar-refractivity contribution is -0.135. The smallest absolute Gasteiger partial charge is 0.322 e. The average Bonchev–Trinajstić information content (AvgIpc) is 2.67. The maximum absolute atomic E-state index is 12.8. The number of hydrogen-bond donors (Lipinski definition) is 3. The molecule has 0 unspecified atom stereocenters. The number of rotatable bonds is 9. The van der Waals surface area contributed by atoms with Gasteiger partial charge in [0.2, 0.25) is 10.0 Å². The molecule has 1 heterocycles. The first-order chi connectivity index (χ1) is 13.7. The van der Waals surface area contributed by atoms with E-state index in [2.05, 4.69) is 10.3 Å². The Hall–Kier alpha value is -3.54. The number of hydrogen-bond acceptors (Lipinski definition) is 7. The third-order valence-electron chi connectivity index (χ3n) is 3.34. The zero-order valence-corrected chi connectivity index (χ0v) is 15.6. The summed E-state index contributed by atoms with van der Waals surface area (Å²) in [6, 6.07) is 7.30. The molecule has 1 aromatic carbocycles. The van der Waals surface area contributed by atoms with E-state index in [0.29, 0.717) is 0 Å². The van der Waals surface area contributed by atoms with Crippen LogP contribution in [0, 0.1) is 5.82 Å². The van der Waals surface area contributed by atoms with Crippen LogP contribution in [-0.4, -0.2) is 55.2 Å². The lowest BCUT2D eigenvalue weighted by Gasteiger charge is -2.09. The molecule has 0 fully saturated rings. The zero-order chi connectivity index (χ0) is 21.4. The second kappa shape index (κ2) is 9.59. The predicted molar refractivity (Wildman–Crippen MR) is 97.4 cm³/mol. The van der Waals surface area contributed by atoms with Crippen LogP contribution in [0.5, 0.6) is 5.75 Å². The molecule has 10 nitrogen and oxygen atoms in total. The van der Waals surface area contributed by atoms with Crippen LogP contribution in [0.4, 0.5) is 4.39 Å². The van der Waals surface area contributed by atoms with Crippen LogP contribution in [0.2, 0.25) is 0 Å². The fourth-order valence-electron chi connectivity index (χ4n) is 1.96. The van der Waals surface area contributed by atoms with Crippen LogP contribution in [0.1, 0.15) is 20.8 Å². The number of carboxylic acids is 1. The first-order valence-electron chi connectivity index (χ1n) is 8.05. The lowest BCUT2D eigenvalue weighted by atomic mass is 10.2. The van der Waals surface area contributed by atoms with E-state index in [9.17, 15) is 27.2 Å². The number of pyridine rings is 1. The number of amides is 2. The topological polar surface area (TPSA) is 152 Å². The molecule has 2 aromatic rings. The number of aliphatic carboxylic acids is 1. The molecule has 0 saturated carbocycles. The highest BCUT2D eigenvalue weighted by Crippen LogP contribution is 2.11. The Morgan fingerprint density at radius 3 is 2.34 bits per heavy atom. The molecule has 1 aromatic heterocycles. The maximum Gasteiger partial charge on any atom is 0.322 e. The fourth-order valence-corrected chi connectivity index (χ4v) is 2.77. The van der Waals surface area contributed by atoms with Crippen LogP contribution in [0.25, 0.3) is 0 Å². The number of benzene rings is 1. The molecule has 2 amide bonds. The Kier molecular flexibility index (Phi) is 7.20. The number of carbonyl (C=O) groups excluding carboxylic acids is 2. The van der Waals surface area contributed by atoms with Crippen molar-refractivity contribution in [2.75, 3.05) is 18.9 Å². The summed E-state index contributed by atoms with van der Waals surface area (Å²) in [6.07, 6.45) is 0.982. The lowest BCUT2D eigenvalue weighted by Crippen LogP contribution is -2.34. The molecule has 0 radical (unpaired) electrons. The Morgan fingerprint density at radius 2 is 1.76 bits per heavy atom. The highest BCUT2D eigenvalue weighted by Gasteiger charge is 2.17. The van der Waals surface area contributed by atoms with Gasteiger partial charge < -0.3 is 15.2 Å². The molecule has 0 aliphatic heterocycles. The minimum absolute atomic E-state index is 0.122. The number of nitrogens with zero attached hydrogens (tertiary/aromatic N) is 1. The summed E-state index contributed by atoms with van der Waals surface area (Å²) in [5.41, 5.74) is -0.263.